The second kappa shape index (κ2) is 12.6. The van der Waals surface area contributed by atoms with Gasteiger partial charge < -0.3 is 19.8 Å². The number of aryl methyl sites for hydroxylation is 1. The van der Waals surface area contributed by atoms with Gasteiger partial charge in [-0.2, -0.15) is 0 Å². The van der Waals surface area contributed by atoms with Crippen molar-refractivity contribution in [3.8, 4) is 11.5 Å². The predicted molar refractivity (Wildman–Crippen MR) is 181 cm³/mol. The SMILES string of the molecule is C[C@@H](/C=C/CCn1cc(C(CO)c2ccccc2)nn1)[C@]1(O)C(=O)N(C)c2ccc(N3C(=O)c4ccccc4Oc4ccccc43)cc21. The fourth-order valence-electron chi connectivity index (χ4n) is 6.53. The number of hydrogen-bond acceptors (Lipinski definition) is 7. The Morgan fingerprint density at radius 2 is 1.65 bits per heavy atom. The molecule has 2 amide bonds. The number of likely N-dealkylation sites (N-methyl/N-ethyl adjacent to an activating group) is 1. The summed E-state index contributed by atoms with van der Waals surface area (Å²) in [7, 11) is 1.64. The molecular formula is C38H35N5O5. The molecule has 48 heavy (non-hydrogen) atoms. The second-order valence-corrected chi connectivity index (χ2v) is 12.1. The maximum Gasteiger partial charge on any atom is 0.266 e. The van der Waals surface area contributed by atoms with Gasteiger partial charge in [-0.05, 0) is 54.4 Å². The molecule has 0 saturated carbocycles. The van der Waals surface area contributed by atoms with E-state index in [0.29, 0.717) is 58.3 Å². The molecule has 242 valence electrons. The molecule has 10 nitrogen and oxygen atoms in total. The third kappa shape index (κ3) is 5.25. The van der Waals surface area contributed by atoms with Crippen molar-refractivity contribution in [1.82, 2.24) is 15.0 Å². The van der Waals surface area contributed by atoms with E-state index in [9.17, 15) is 19.8 Å². The second-order valence-electron chi connectivity index (χ2n) is 12.1. The number of aliphatic hydroxyl groups is 2. The number of rotatable bonds is 9. The summed E-state index contributed by atoms with van der Waals surface area (Å²) in [5.41, 5.74) is 2.25. The van der Waals surface area contributed by atoms with Gasteiger partial charge in [-0.15, -0.1) is 5.10 Å². The van der Waals surface area contributed by atoms with E-state index in [1.807, 2.05) is 72.9 Å². The van der Waals surface area contributed by atoms with Crippen LogP contribution in [0.5, 0.6) is 11.5 Å². The Morgan fingerprint density at radius 3 is 2.44 bits per heavy atom. The maximum atomic E-state index is 14.0. The smallest absolute Gasteiger partial charge is 0.266 e. The van der Waals surface area contributed by atoms with E-state index in [4.69, 9.17) is 4.74 Å². The van der Waals surface area contributed by atoms with Gasteiger partial charge in [0.05, 0.1) is 35.2 Å². The Labute approximate surface area is 278 Å². The molecule has 2 aliphatic rings. The summed E-state index contributed by atoms with van der Waals surface area (Å²) in [6, 6.07) is 29.3. The lowest BCUT2D eigenvalue weighted by molar-refractivity contribution is -0.139. The van der Waals surface area contributed by atoms with E-state index in [-0.39, 0.29) is 18.4 Å². The summed E-state index contributed by atoms with van der Waals surface area (Å²) in [4.78, 5) is 30.7. The average molecular weight is 642 g/mol. The van der Waals surface area contributed by atoms with Crippen LogP contribution in [0.25, 0.3) is 0 Å². The van der Waals surface area contributed by atoms with Crippen LogP contribution >= 0.6 is 0 Å². The van der Waals surface area contributed by atoms with Gasteiger partial charge in [0.15, 0.2) is 11.4 Å². The number of amides is 2. The minimum Gasteiger partial charge on any atom is -0.454 e. The van der Waals surface area contributed by atoms with Crippen molar-refractivity contribution >= 4 is 28.9 Å². The first kappa shape index (κ1) is 31.0. The number of nitrogens with zero attached hydrogens (tertiary/aromatic N) is 5. The first-order valence-electron chi connectivity index (χ1n) is 15.9. The zero-order valence-corrected chi connectivity index (χ0v) is 26.6. The third-order valence-electron chi connectivity index (χ3n) is 9.19. The van der Waals surface area contributed by atoms with Gasteiger partial charge in [-0.1, -0.05) is 78.9 Å². The van der Waals surface area contributed by atoms with Crippen LogP contribution in [0.1, 0.15) is 46.4 Å². The summed E-state index contributed by atoms with van der Waals surface area (Å²) in [5.74, 6) is -0.614. The van der Waals surface area contributed by atoms with Crippen molar-refractivity contribution in [2.75, 3.05) is 23.5 Å². The molecule has 0 fully saturated rings. The Morgan fingerprint density at radius 1 is 0.917 bits per heavy atom. The van der Waals surface area contributed by atoms with Crippen LogP contribution in [0, 0.1) is 5.92 Å². The molecule has 10 heteroatoms. The van der Waals surface area contributed by atoms with Crippen LogP contribution in [0.4, 0.5) is 17.1 Å². The number of benzene rings is 4. The summed E-state index contributed by atoms with van der Waals surface area (Å²) in [6.07, 6.45) is 6.16. The van der Waals surface area contributed by atoms with Gasteiger partial charge in [0.1, 0.15) is 5.75 Å². The fraction of sp³-hybridized carbons (Fsp3) is 0.211. The van der Waals surface area contributed by atoms with Crippen LogP contribution in [0.15, 0.2) is 115 Å². The highest BCUT2D eigenvalue weighted by molar-refractivity contribution is 6.15. The van der Waals surface area contributed by atoms with E-state index in [1.165, 1.54) is 4.90 Å². The number of carbonyl (C=O) groups excluding carboxylic acids is 2. The van der Waals surface area contributed by atoms with E-state index in [1.54, 1.807) is 66.0 Å². The zero-order valence-electron chi connectivity index (χ0n) is 26.6. The number of allylic oxidation sites excluding steroid dienone is 1. The molecule has 0 spiro atoms. The average Bonchev–Trinajstić information content (AvgIpc) is 3.61. The molecule has 0 bridgehead atoms. The molecule has 7 rings (SSSR count). The number of hydrogen-bond donors (Lipinski definition) is 2. The van der Waals surface area contributed by atoms with E-state index in [2.05, 4.69) is 10.3 Å². The van der Waals surface area contributed by atoms with Crippen LogP contribution in [0.2, 0.25) is 0 Å². The maximum absolute atomic E-state index is 14.0. The lowest BCUT2D eigenvalue weighted by atomic mass is 9.82. The molecule has 3 atom stereocenters. The van der Waals surface area contributed by atoms with Crippen molar-refractivity contribution in [2.24, 2.45) is 5.92 Å². The molecule has 1 aromatic heterocycles. The van der Waals surface area contributed by atoms with Crippen molar-refractivity contribution in [2.45, 2.75) is 31.4 Å². The fourth-order valence-corrected chi connectivity index (χ4v) is 6.53. The Kier molecular flexibility index (Phi) is 8.12. The van der Waals surface area contributed by atoms with E-state index < -0.39 is 17.4 Å². The molecule has 2 N–H and O–H groups in total. The van der Waals surface area contributed by atoms with Gasteiger partial charge >= 0.3 is 0 Å². The number of ether oxygens (including phenoxy) is 1. The van der Waals surface area contributed by atoms with Gasteiger partial charge in [-0.3, -0.25) is 19.2 Å². The van der Waals surface area contributed by atoms with Crippen LogP contribution < -0.4 is 14.5 Å². The van der Waals surface area contributed by atoms with Crippen molar-refractivity contribution in [1.29, 1.82) is 0 Å². The van der Waals surface area contributed by atoms with Crippen LogP contribution in [-0.4, -0.2) is 50.7 Å². The molecule has 5 aromatic rings. The molecule has 0 saturated heterocycles. The van der Waals surface area contributed by atoms with Crippen molar-refractivity contribution in [3.63, 3.8) is 0 Å². The zero-order chi connectivity index (χ0) is 33.4. The predicted octanol–water partition coefficient (Wildman–Crippen LogP) is 5.93. The molecule has 1 unspecified atom stereocenters. The quantitative estimate of drug-likeness (QED) is 0.191. The molecule has 0 aliphatic carbocycles. The Bertz CT molecular complexity index is 2030. The largest absolute Gasteiger partial charge is 0.454 e. The Balaban J connectivity index is 1.14. The van der Waals surface area contributed by atoms with Gasteiger partial charge in [0, 0.05) is 37.0 Å². The van der Waals surface area contributed by atoms with Gasteiger partial charge in [0.25, 0.3) is 11.8 Å². The number of aromatic nitrogens is 3. The van der Waals surface area contributed by atoms with E-state index in [0.717, 1.165) is 5.56 Å². The third-order valence-corrected chi connectivity index (χ3v) is 9.19. The highest BCUT2D eigenvalue weighted by atomic mass is 16.5. The first-order chi connectivity index (χ1) is 23.3. The molecule has 4 aromatic carbocycles. The summed E-state index contributed by atoms with van der Waals surface area (Å²) in [6.45, 7) is 2.25. The lowest BCUT2D eigenvalue weighted by Crippen LogP contribution is -2.43. The highest BCUT2D eigenvalue weighted by Gasteiger charge is 2.51. The summed E-state index contributed by atoms with van der Waals surface area (Å²) >= 11 is 0. The van der Waals surface area contributed by atoms with E-state index >= 15 is 0 Å². The number of anilines is 3. The molecule has 3 heterocycles. The summed E-state index contributed by atoms with van der Waals surface area (Å²) in [5, 5.41) is 30.6. The van der Waals surface area contributed by atoms with Crippen molar-refractivity contribution < 1.29 is 24.5 Å². The monoisotopic (exact) mass is 641 g/mol. The lowest BCUT2D eigenvalue weighted by Gasteiger charge is -2.28. The summed E-state index contributed by atoms with van der Waals surface area (Å²) < 4.78 is 7.87. The van der Waals surface area contributed by atoms with Gasteiger partial charge in [0.2, 0.25) is 0 Å². The first-order valence-corrected chi connectivity index (χ1v) is 15.9. The molecular weight excluding hydrogens is 606 g/mol. The van der Waals surface area contributed by atoms with Gasteiger partial charge in [-0.25, -0.2) is 0 Å². The van der Waals surface area contributed by atoms with Crippen LogP contribution in [0.3, 0.4) is 0 Å². The number of aliphatic hydroxyl groups excluding tert-OH is 1. The number of para-hydroxylation sites is 3. The standard InChI is InChI=1S/C38H35N5O5/c1-25(12-10-11-21-42-23-31(39-40-42)29(24-44)26-13-4-3-5-14-26)38(47)30-22-27(19-20-32(30)41(2)37(38)46)43-33-16-7-9-18-35(33)48-34-17-8-6-15-28(34)36(43)45/h3-10,12-20,22-23,25,29,44,47H,11,21,24H2,1-2H3/b12-10+/t25-,29?,38+/m0/s1. The highest BCUT2D eigenvalue weighted by Crippen LogP contribution is 2.48. The molecule has 0 radical (unpaired) electrons. The molecule has 2 aliphatic heterocycles. The number of fused-ring (bicyclic) bond motifs is 3. The Hall–Kier alpha value is -5.58. The van der Waals surface area contributed by atoms with Crippen LogP contribution in [-0.2, 0) is 16.9 Å². The normalized spacial score (nSPS) is 18.2. The minimum atomic E-state index is -1.86. The van der Waals surface area contributed by atoms with Crippen molar-refractivity contribution in [3.05, 3.63) is 138 Å². The minimum absolute atomic E-state index is 0.0795. The number of carbonyl (C=O) groups is 2. The topological polar surface area (TPSA) is 121 Å².